The van der Waals surface area contributed by atoms with Crippen LogP contribution >= 0.6 is 0 Å². The Morgan fingerprint density at radius 1 is 0.970 bits per heavy atom. The number of aryl methyl sites for hydroxylation is 1. The summed E-state index contributed by atoms with van der Waals surface area (Å²) < 4.78 is 67.7. The predicted molar refractivity (Wildman–Crippen MR) is 125 cm³/mol. The Labute approximate surface area is 191 Å². The average Bonchev–Trinajstić information content (AvgIpc) is 3.54. The standard InChI is InChI=1S/C24H21FN2O4S2/c1-16-13-21(22-14-19(9-10-23(22)25)33(30,31)18-7-8-18)20-11-12-27(24(20)26-16)32(28,29)15-17-5-3-2-4-6-17/h2-6,9-14,18H,7-8,15H2,1H3. The van der Waals surface area contributed by atoms with Crippen LogP contribution in [0.15, 0.2) is 71.8 Å². The van der Waals surface area contributed by atoms with Crippen LogP contribution < -0.4 is 0 Å². The molecular weight excluding hydrogens is 463 g/mol. The van der Waals surface area contributed by atoms with E-state index < -0.39 is 30.9 Å². The number of hydrogen-bond donors (Lipinski definition) is 0. The van der Waals surface area contributed by atoms with E-state index in [4.69, 9.17) is 0 Å². The molecule has 2 aromatic carbocycles. The lowest BCUT2D eigenvalue weighted by Crippen LogP contribution is -2.14. The van der Waals surface area contributed by atoms with E-state index in [1.54, 1.807) is 43.3 Å². The fourth-order valence-corrected chi connectivity index (χ4v) is 7.06. The number of fused-ring (bicyclic) bond motifs is 1. The Balaban J connectivity index is 1.65. The van der Waals surface area contributed by atoms with Crippen molar-refractivity contribution in [3.05, 3.63) is 83.9 Å². The van der Waals surface area contributed by atoms with Gasteiger partial charge in [0.25, 0.3) is 0 Å². The van der Waals surface area contributed by atoms with Crippen molar-refractivity contribution in [1.29, 1.82) is 0 Å². The number of pyridine rings is 1. The molecule has 4 aromatic rings. The Bertz CT molecular complexity index is 1590. The second-order valence-corrected chi connectivity index (χ2v) is 12.4. The molecule has 1 aliphatic rings. The third-order valence-corrected chi connectivity index (χ3v) is 9.62. The van der Waals surface area contributed by atoms with Crippen molar-refractivity contribution >= 4 is 30.9 Å². The van der Waals surface area contributed by atoms with E-state index in [1.807, 2.05) is 6.07 Å². The van der Waals surface area contributed by atoms with Crippen LogP contribution in [-0.2, 0) is 25.6 Å². The zero-order valence-corrected chi connectivity index (χ0v) is 19.4. The molecule has 6 nitrogen and oxygen atoms in total. The first-order valence-corrected chi connectivity index (χ1v) is 13.6. The first kappa shape index (κ1) is 21.8. The average molecular weight is 485 g/mol. The van der Waals surface area contributed by atoms with Crippen LogP contribution in [0.2, 0.25) is 0 Å². The maximum atomic E-state index is 14.9. The van der Waals surface area contributed by atoms with Gasteiger partial charge in [0.1, 0.15) is 5.82 Å². The van der Waals surface area contributed by atoms with Gasteiger partial charge in [0, 0.05) is 22.8 Å². The molecule has 1 fully saturated rings. The van der Waals surface area contributed by atoms with Crippen LogP contribution in [0.3, 0.4) is 0 Å². The quantitative estimate of drug-likeness (QED) is 0.377. The van der Waals surface area contributed by atoms with Crippen molar-refractivity contribution in [3.63, 3.8) is 0 Å². The molecule has 0 unspecified atom stereocenters. The van der Waals surface area contributed by atoms with Gasteiger partial charge in [-0.1, -0.05) is 30.3 Å². The van der Waals surface area contributed by atoms with E-state index in [9.17, 15) is 21.2 Å². The molecule has 0 spiro atoms. The lowest BCUT2D eigenvalue weighted by Gasteiger charge is -2.11. The van der Waals surface area contributed by atoms with E-state index >= 15 is 0 Å². The first-order chi connectivity index (χ1) is 15.7. The highest BCUT2D eigenvalue weighted by Crippen LogP contribution is 2.37. The number of halogens is 1. The number of benzene rings is 2. The molecule has 2 heterocycles. The van der Waals surface area contributed by atoms with Gasteiger partial charge in [-0.3, -0.25) is 0 Å². The van der Waals surface area contributed by atoms with E-state index in [1.165, 1.54) is 18.3 Å². The first-order valence-electron chi connectivity index (χ1n) is 10.5. The van der Waals surface area contributed by atoms with Crippen molar-refractivity contribution in [3.8, 4) is 11.1 Å². The van der Waals surface area contributed by atoms with Crippen molar-refractivity contribution in [2.24, 2.45) is 0 Å². The summed E-state index contributed by atoms with van der Waals surface area (Å²) in [6.45, 7) is 1.69. The van der Waals surface area contributed by atoms with Gasteiger partial charge in [-0.05, 0) is 61.2 Å². The highest BCUT2D eigenvalue weighted by molar-refractivity contribution is 7.92. The molecule has 2 aromatic heterocycles. The van der Waals surface area contributed by atoms with Gasteiger partial charge in [-0.25, -0.2) is 30.2 Å². The number of aromatic nitrogens is 2. The number of nitrogens with zero attached hydrogens (tertiary/aromatic N) is 2. The van der Waals surface area contributed by atoms with Gasteiger partial charge in [-0.2, -0.15) is 0 Å². The second-order valence-electron chi connectivity index (χ2n) is 8.29. The summed E-state index contributed by atoms with van der Waals surface area (Å²) in [7, 11) is -7.30. The molecule has 1 aliphatic carbocycles. The SMILES string of the molecule is Cc1cc(-c2cc(S(=O)(=O)C3CC3)ccc2F)c2ccn(S(=O)(=O)Cc3ccccc3)c2n1. The topological polar surface area (TPSA) is 86.1 Å². The van der Waals surface area contributed by atoms with E-state index in [2.05, 4.69) is 4.98 Å². The summed E-state index contributed by atoms with van der Waals surface area (Å²) in [6.07, 6.45) is 2.62. The smallest absolute Gasteiger partial charge is 0.234 e. The molecule has 0 aliphatic heterocycles. The molecule has 170 valence electrons. The van der Waals surface area contributed by atoms with Gasteiger partial charge in [-0.15, -0.1) is 0 Å². The Kier molecular flexibility index (Phi) is 5.13. The summed E-state index contributed by atoms with van der Waals surface area (Å²) in [5.74, 6) is -0.803. The van der Waals surface area contributed by atoms with Crippen molar-refractivity contribution < 1.29 is 21.2 Å². The van der Waals surface area contributed by atoms with Crippen molar-refractivity contribution in [2.45, 2.75) is 35.7 Å². The molecule has 0 radical (unpaired) electrons. The fourth-order valence-electron chi connectivity index (χ4n) is 3.97. The maximum absolute atomic E-state index is 14.9. The van der Waals surface area contributed by atoms with Gasteiger partial charge >= 0.3 is 0 Å². The van der Waals surface area contributed by atoms with Crippen LogP contribution in [0.5, 0.6) is 0 Å². The molecule has 1 saturated carbocycles. The summed E-state index contributed by atoms with van der Waals surface area (Å²) in [6, 6.07) is 15.8. The maximum Gasteiger partial charge on any atom is 0.244 e. The zero-order valence-electron chi connectivity index (χ0n) is 17.8. The number of sulfone groups is 1. The highest BCUT2D eigenvalue weighted by Gasteiger charge is 2.37. The Morgan fingerprint density at radius 2 is 1.70 bits per heavy atom. The molecule has 0 saturated heterocycles. The normalized spacial score (nSPS) is 14.6. The third-order valence-electron chi connectivity index (χ3n) is 5.76. The van der Waals surface area contributed by atoms with E-state index in [0.29, 0.717) is 35.0 Å². The zero-order chi connectivity index (χ0) is 23.4. The van der Waals surface area contributed by atoms with Gasteiger partial charge in [0.2, 0.25) is 10.0 Å². The molecular formula is C24H21FN2O4S2. The van der Waals surface area contributed by atoms with Crippen LogP contribution in [0.1, 0.15) is 24.1 Å². The fraction of sp³-hybridized carbons (Fsp3) is 0.208. The van der Waals surface area contributed by atoms with E-state index in [-0.39, 0.29) is 21.9 Å². The summed E-state index contributed by atoms with van der Waals surface area (Å²) in [4.78, 5) is 4.48. The van der Waals surface area contributed by atoms with Gasteiger partial charge in [0.15, 0.2) is 15.5 Å². The molecule has 0 atom stereocenters. The minimum absolute atomic E-state index is 0.0696. The molecule has 5 rings (SSSR count). The van der Waals surface area contributed by atoms with Crippen molar-refractivity contribution in [2.75, 3.05) is 0 Å². The van der Waals surface area contributed by atoms with Crippen LogP contribution in [0.25, 0.3) is 22.2 Å². The summed E-state index contributed by atoms with van der Waals surface area (Å²) in [5, 5.41) is 0.0105. The van der Waals surface area contributed by atoms with Crippen molar-refractivity contribution in [1.82, 2.24) is 8.96 Å². The molecule has 0 N–H and O–H groups in total. The van der Waals surface area contributed by atoms with Crippen LogP contribution in [0, 0.1) is 12.7 Å². The van der Waals surface area contributed by atoms with E-state index in [0.717, 1.165) is 10.0 Å². The molecule has 0 bridgehead atoms. The minimum Gasteiger partial charge on any atom is -0.234 e. The highest BCUT2D eigenvalue weighted by atomic mass is 32.2. The number of rotatable bonds is 6. The Morgan fingerprint density at radius 3 is 2.39 bits per heavy atom. The van der Waals surface area contributed by atoms with Gasteiger partial charge in [0.05, 0.1) is 15.9 Å². The lowest BCUT2D eigenvalue weighted by molar-refractivity contribution is 0.587. The summed E-state index contributed by atoms with van der Waals surface area (Å²) in [5.41, 5.74) is 1.80. The summed E-state index contributed by atoms with van der Waals surface area (Å²) >= 11 is 0. The van der Waals surface area contributed by atoms with Crippen LogP contribution in [-0.4, -0.2) is 31.0 Å². The predicted octanol–water partition coefficient (Wildman–Crippen LogP) is 4.47. The molecule has 0 amide bonds. The number of hydrogen-bond acceptors (Lipinski definition) is 5. The lowest BCUT2D eigenvalue weighted by atomic mass is 10.0. The molecule has 33 heavy (non-hydrogen) atoms. The monoisotopic (exact) mass is 484 g/mol. The molecule has 9 heteroatoms. The van der Waals surface area contributed by atoms with Crippen LogP contribution in [0.4, 0.5) is 4.39 Å². The third kappa shape index (κ3) is 3.95. The van der Waals surface area contributed by atoms with Gasteiger partial charge < -0.3 is 0 Å². The Hall–Kier alpha value is -3.04. The second kappa shape index (κ2) is 7.78. The minimum atomic E-state index is -3.79. The largest absolute Gasteiger partial charge is 0.244 e.